The first kappa shape index (κ1) is 40.1. The van der Waals surface area contributed by atoms with Gasteiger partial charge in [0.15, 0.2) is 0 Å². The second-order valence-electron chi connectivity index (χ2n) is 18.4. The minimum Gasteiger partial charge on any atom is -0.270 e. The van der Waals surface area contributed by atoms with Gasteiger partial charge in [0.1, 0.15) is 0 Å². The molecule has 0 unspecified atom stereocenters. The van der Waals surface area contributed by atoms with Gasteiger partial charge in [-0.15, -0.1) is 0 Å². The van der Waals surface area contributed by atoms with Gasteiger partial charge in [0.2, 0.25) is 0 Å². The lowest BCUT2D eigenvalue weighted by molar-refractivity contribution is -0.139. The number of amides is 4. The molecule has 2 heterocycles. The van der Waals surface area contributed by atoms with Gasteiger partial charge in [-0.3, -0.25) is 29.0 Å². The first-order valence-corrected chi connectivity index (χ1v) is 19.7. The van der Waals surface area contributed by atoms with E-state index in [0.29, 0.717) is 53.9 Å². The first-order chi connectivity index (χ1) is 24.7. The van der Waals surface area contributed by atoms with Gasteiger partial charge in [0.05, 0.1) is 13.1 Å². The van der Waals surface area contributed by atoms with E-state index in [-0.39, 0.29) is 53.0 Å². The van der Waals surface area contributed by atoms with E-state index >= 15 is 0 Å². The van der Waals surface area contributed by atoms with Crippen LogP contribution in [-0.4, -0.2) is 33.4 Å². The van der Waals surface area contributed by atoms with Crippen LogP contribution in [0, 0.1) is 22.2 Å². The molecular formula is C47H62N2O4. The number of nitrogens with zero attached hydrogens (tertiary/aromatic N) is 2. The molecule has 1 aromatic carbocycles. The van der Waals surface area contributed by atoms with E-state index in [1.165, 1.54) is 32.1 Å². The Morgan fingerprint density at radius 3 is 1.49 bits per heavy atom. The van der Waals surface area contributed by atoms with Crippen LogP contribution in [0.25, 0.3) is 0 Å². The number of imide groups is 2. The molecule has 6 heteroatoms. The molecule has 0 aromatic heterocycles. The topological polar surface area (TPSA) is 74.8 Å². The fourth-order valence-corrected chi connectivity index (χ4v) is 7.80. The van der Waals surface area contributed by atoms with Crippen LogP contribution < -0.4 is 0 Å². The van der Waals surface area contributed by atoms with Crippen LogP contribution in [0.1, 0.15) is 139 Å². The van der Waals surface area contributed by atoms with Crippen molar-refractivity contribution in [1.82, 2.24) is 9.80 Å². The number of allylic oxidation sites excluding steroid dienone is 8. The van der Waals surface area contributed by atoms with Gasteiger partial charge in [-0.2, -0.15) is 0 Å². The number of hydrogen-bond acceptors (Lipinski definition) is 4. The number of carbonyl (C=O) groups is 4. The molecule has 4 amide bonds. The molecule has 0 atom stereocenters. The molecule has 6 nitrogen and oxygen atoms in total. The number of benzene rings is 1. The van der Waals surface area contributed by atoms with Crippen LogP contribution in [-0.2, 0) is 32.3 Å². The van der Waals surface area contributed by atoms with Crippen LogP contribution in [0.15, 0.2) is 93.2 Å². The zero-order valence-electron chi connectivity index (χ0n) is 34.3. The zero-order valence-corrected chi connectivity index (χ0v) is 34.3. The van der Waals surface area contributed by atoms with E-state index in [1.807, 2.05) is 24.3 Å². The van der Waals surface area contributed by atoms with Crippen LogP contribution in [0.5, 0.6) is 0 Å². The van der Waals surface area contributed by atoms with Gasteiger partial charge in [0, 0.05) is 22.3 Å². The maximum absolute atomic E-state index is 13.7. The van der Waals surface area contributed by atoms with Crippen LogP contribution >= 0.6 is 0 Å². The highest BCUT2D eigenvalue weighted by Gasteiger charge is 2.42. The molecule has 0 radical (unpaired) electrons. The maximum atomic E-state index is 13.7. The highest BCUT2D eigenvalue weighted by Crippen LogP contribution is 2.44. The van der Waals surface area contributed by atoms with E-state index < -0.39 is 0 Å². The summed E-state index contributed by atoms with van der Waals surface area (Å²) in [6.07, 6.45) is 14.9. The van der Waals surface area contributed by atoms with E-state index in [9.17, 15) is 19.2 Å². The monoisotopic (exact) mass is 718 g/mol. The summed E-state index contributed by atoms with van der Waals surface area (Å²) < 4.78 is 0. The van der Waals surface area contributed by atoms with E-state index in [2.05, 4.69) is 100 Å². The molecule has 0 saturated heterocycles. The van der Waals surface area contributed by atoms with E-state index in [0.717, 1.165) is 36.8 Å². The molecule has 0 bridgehead atoms. The standard InChI is InChI=1S/C47H62N2O4/c1-30(2)31(3)15-13-23-46(8,9)35-19-21-37-39(26-35)43(52)48(41(37)50)28-33-17-12-18-34(25-33)29-49-42(51)38-22-20-36(27-40(38)44(49)53)47(10,11)24-14-16-32(4)45(5,6)7/h12,15-20,25,30H,13-14,21-24,26-29H2,1-11H3/b31-15+,32-16+. The highest BCUT2D eigenvalue weighted by atomic mass is 16.2. The highest BCUT2D eigenvalue weighted by molar-refractivity contribution is 6.20. The minimum absolute atomic E-state index is 0.0770. The summed E-state index contributed by atoms with van der Waals surface area (Å²) in [6.45, 7) is 24.7. The molecule has 0 spiro atoms. The van der Waals surface area contributed by atoms with Gasteiger partial charge in [-0.1, -0.05) is 133 Å². The largest absolute Gasteiger partial charge is 0.270 e. The first-order valence-electron chi connectivity index (χ1n) is 19.7. The Balaban J connectivity index is 1.19. The summed E-state index contributed by atoms with van der Waals surface area (Å²) in [7, 11) is 0. The lowest BCUT2D eigenvalue weighted by atomic mass is 9.74. The summed E-state index contributed by atoms with van der Waals surface area (Å²) in [5, 5.41) is 0. The van der Waals surface area contributed by atoms with E-state index in [1.54, 1.807) is 0 Å². The Hall–Kier alpha value is -4.06. The van der Waals surface area contributed by atoms with Crippen molar-refractivity contribution in [2.24, 2.45) is 22.2 Å². The molecule has 5 rings (SSSR count). The second-order valence-corrected chi connectivity index (χ2v) is 18.4. The molecule has 2 aliphatic carbocycles. The molecule has 0 N–H and O–H groups in total. The van der Waals surface area contributed by atoms with Crippen molar-refractivity contribution in [3.05, 3.63) is 104 Å². The maximum Gasteiger partial charge on any atom is 0.257 e. The third-order valence-electron chi connectivity index (χ3n) is 12.5. The van der Waals surface area contributed by atoms with Crippen LogP contribution in [0.3, 0.4) is 0 Å². The smallest absolute Gasteiger partial charge is 0.257 e. The summed E-state index contributed by atoms with van der Waals surface area (Å²) in [5.41, 5.74) is 9.26. The molecule has 0 fully saturated rings. The van der Waals surface area contributed by atoms with Crippen molar-refractivity contribution in [2.75, 3.05) is 0 Å². The normalized spacial score (nSPS) is 19.2. The molecular weight excluding hydrogens is 657 g/mol. The SMILES string of the molecule is C/C(=C\CCC(C)(C)C1=CCC2=C(C1)C(=O)N(Cc1cccc(CN3C(=O)C4=C(CC(C(C)(C)CC/C=C(\C)C(C)(C)C)=CC4)C3=O)c1)C2=O)C(C)C. The Morgan fingerprint density at radius 2 is 1.08 bits per heavy atom. The van der Waals surface area contributed by atoms with Crippen molar-refractivity contribution < 1.29 is 19.2 Å². The summed E-state index contributed by atoms with van der Waals surface area (Å²) in [6, 6.07) is 7.58. The third-order valence-corrected chi connectivity index (χ3v) is 12.5. The Morgan fingerprint density at radius 1 is 0.660 bits per heavy atom. The van der Waals surface area contributed by atoms with Crippen molar-refractivity contribution in [3.63, 3.8) is 0 Å². The quantitative estimate of drug-likeness (QED) is 0.150. The van der Waals surface area contributed by atoms with Crippen LogP contribution in [0.4, 0.5) is 0 Å². The fraction of sp³-hybridized carbons (Fsp3) is 0.532. The van der Waals surface area contributed by atoms with Crippen molar-refractivity contribution >= 4 is 23.6 Å². The molecule has 1 aromatic rings. The lowest BCUT2D eigenvalue weighted by Gasteiger charge is -2.30. The van der Waals surface area contributed by atoms with Crippen molar-refractivity contribution in [2.45, 2.75) is 141 Å². The van der Waals surface area contributed by atoms with Gasteiger partial charge >= 0.3 is 0 Å². The average Bonchev–Trinajstić information content (AvgIpc) is 3.47. The molecule has 2 aliphatic heterocycles. The molecule has 0 saturated carbocycles. The third kappa shape index (κ3) is 8.68. The Labute approximate surface area is 318 Å². The Kier molecular flexibility index (Phi) is 11.6. The van der Waals surface area contributed by atoms with Crippen LogP contribution in [0.2, 0.25) is 0 Å². The van der Waals surface area contributed by atoms with Gasteiger partial charge in [-0.25, -0.2) is 0 Å². The number of rotatable bonds is 13. The Bertz CT molecular complexity index is 1880. The lowest BCUT2D eigenvalue weighted by Crippen LogP contribution is -2.32. The predicted octanol–water partition coefficient (Wildman–Crippen LogP) is 10.7. The van der Waals surface area contributed by atoms with Gasteiger partial charge in [-0.05, 0) is 98.5 Å². The predicted molar refractivity (Wildman–Crippen MR) is 214 cm³/mol. The molecule has 4 aliphatic rings. The van der Waals surface area contributed by atoms with Gasteiger partial charge < -0.3 is 0 Å². The minimum atomic E-state index is -0.216. The summed E-state index contributed by atoms with van der Waals surface area (Å²) in [4.78, 5) is 57.3. The number of carbonyl (C=O) groups excluding carboxylic acids is 4. The summed E-state index contributed by atoms with van der Waals surface area (Å²) >= 11 is 0. The van der Waals surface area contributed by atoms with Crippen molar-refractivity contribution in [1.29, 1.82) is 0 Å². The molecule has 284 valence electrons. The second kappa shape index (κ2) is 15.4. The summed E-state index contributed by atoms with van der Waals surface area (Å²) in [5.74, 6) is -0.315. The van der Waals surface area contributed by atoms with Crippen molar-refractivity contribution in [3.8, 4) is 0 Å². The van der Waals surface area contributed by atoms with Gasteiger partial charge in [0.25, 0.3) is 23.6 Å². The molecule has 53 heavy (non-hydrogen) atoms. The van der Waals surface area contributed by atoms with E-state index in [4.69, 9.17) is 0 Å². The average molecular weight is 719 g/mol. The number of hydrogen-bond donors (Lipinski definition) is 0. The zero-order chi connectivity index (χ0) is 39.0. The fourth-order valence-electron chi connectivity index (χ4n) is 7.80.